The van der Waals surface area contributed by atoms with Crippen molar-refractivity contribution in [2.75, 3.05) is 46.4 Å². The Labute approximate surface area is 140 Å². The first-order chi connectivity index (χ1) is 11.1. The maximum atomic E-state index is 9.88. The zero-order valence-corrected chi connectivity index (χ0v) is 14.9. The van der Waals surface area contributed by atoms with Gasteiger partial charge in [0.2, 0.25) is 0 Å². The predicted molar refractivity (Wildman–Crippen MR) is 94.2 cm³/mol. The average Bonchev–Trinajstić information content (AvgIpc) is 2.57. The van der Waals surface area contributed by atoms with Crippen LogP contribution in [0.1, 0.15) is 32.4 Å². The molecule has 1 aliphatic rings. The standard InChI is InChI=1S/C18H31N3O2/c1-5-20(6-2)13-16(21-10-9-19-14(3)12-21)15-7-8-17(22)18(11-15)23-4/h7-8,11,14,16,19,22H,5-6,9-10,12-13H2,1-4H3. The highest BCUT2D eigenvalue weighted by atomic mass is 16.5. The fourth-order valence-electron chi connectivity index (χ4n) is 3.30. The normalized spacial score (nSPS) is 20.7. The molecule has 0 aliphatic carbocycles. The summed E-state index contributed by atoms with van der Waals surface area (Å²) in [6.45, 7) is 12.8. The van der Waals surface area contributed by atoms with Crippen LogP contribution in [0.3, 0.4) is 0 Å². The van der Waals surface area contributed by atoms with Crippen LogP contribution in [0.25, 0.3) is 0 Å². The summed E-state index contributed by atoms with van der Waals surface area (Å²) in [6, 6.07) is 6.57. The molecule has 0 aromatic heterocycles. The number of hydrogen-bond acceptors (Lipinski definition) is 5. The van der Waals surface area contributed by atoms with Gasteiger partial charge in [-0.1, -0.05) is 19.9 Å². The van der Waals surface area contributed by atoms with Crippen molar-refractivity contribution in [1.82, 2.24) is 15.1 Å². The van der Waals surface area contributed by atoms with Crippen molar-refractivity contribution in [2.24, 2.45) is 0 Å². The number of phenolic OH excluding ortho intramolecular Hbond substituents is 1. The number of hydrogen-bond donors (Lipinski definition) is 2. The molecule has 5 heteroatoms. The summed E-state index contributed by atoms with van der Waals surface area (Å²) in [4.78, 5) is 5.00. The summed E-state index contributed by atoms with van der Waals surface area (Å²) in [5.41, 5.74) is 1.21. The molecule has 1 heterocycles. The Morgan fingerprint density at radius 2 is 2.13 bits per heavy atom. The molecule has 1 aliphatic heterocycles. The molecule has 2 rings (SSSR count). The van der Waals surface area contributed by atoms with Crippen LogP contribution in [0.15, 0.2) is 18.2 Å². The van der Waals surface area contributed by atoms with Crippen LogP contribution in [0, 0.1) is 0 Å². The van der Waals surface area contributed by atoms with E-state index < -0.39 is 0 Å². The summed E-state index contributed by atoms with van der Waals surface area (Å²) in [6.07, 6.45) is 0. The highest BCUT2D eigenvalue weighted by molar-refractivity contribution is 5.42. The van der Waals surface area contributed by atoms with Gasteiger partial charge < -0.3 is 20.1 Å². The monoisotopic (exact) mass is 321 g/mol. The van der Waals surface area contributed by atoms with E-state index in [9.17, 15) is 5.11 Å². The molecule has 1 aromatic carbocycles. The van der Waals surface area contributed by atoms with Gasteiger partial charge in [-0.05, 0) is 37.7 Å². The first kappa shape index (κ1) is 18.0. The fourth-order valence-corrected chi connectivity index (χ4v) is 3.30. The second-order valence-electron chi connectivity index (χ2n) is 6.28. The quantitative estimate of drug-likeness (QED) is 0.805. The summed E-state index contributed by atoms with van der Waals surface area (Å²) >= 11 is 0. The van der Waals surface area contributed by atoms with Gasteiger partial charge in [0.05, 0.1) is 7.11 Å². The van der Waals surface area contributed by atoms with Crippen molar-refractivity contribution in [3.63, 3.8) is 0 Å². The summed E-state index contributed by atoms with van der Waals surface area (Å²) in [7, 11) is 1.60. The van der Waals surface area contributed by atoms with Crippen LogP contribution in [-0.2, 0) is 0 Å². The smallest absolute Gasteiger partial charge is 0.160 e. The lowest BCUT2D eigenvalue weighted by molar-refractivity contribution is 0.113. The van der Waals surface area contributed by atoms with Gasteiger partial charge in [0.1, 0.15) is 0 Å². The molecule has 2 unspecified atom stereocenters. The third-order valence-electron chi connectivity index (χ3n) is 4.76. The molecule has 0 amide bonds. The van der Waals surface area contributed by atoms with Crippen molar-refractivity contribution in [3.05, 3.63) is 23.8 Å². The number of methoxy groups -OCH3 is 1. The third kappa shape index (κ3) is 4.59. The van der Waals surface area contributed by atoms with E-state index >= 15 is 0 Å². The van der Waals surface area contributed by atoms with E-state index in [1.54, 1.807) is 13.2 Å². The Hall–Kier alpha value is -1.30. The molecule has 1 aromatic rings. The van der Waals surface area contributed by atoms with Crippen LogP contribution in [-0.4, -0.2) is 67.3 Å². The second kappa shape index (κ2) is 8.52. The van der Waals surface area contributed by atoms with Crippen molar-refractivity contribution >= 4 is 0 Å². The van der Waals surface area contributed by atoms with Crippen molar-refractivity contribution in [2.45, 2.75) is 32.9 Å². The largest absolute Gasteiger partial charge is 0.504 e. The lowest BCUT2D eigenvalue weighted by Crippen LogP contribution is -2.52. The number of nitrogens with zero attached hydrogens (tertiary/aromatic N) is 2. The van der Waals surface area contributed by atoms with Gasteiger partial charge in [0.15, 0.2) is 11.5 Å². The van der Waals surface area contributed by atoms with Crippen molar-refractivity contribution in [3.8, 4) is 11.5 Å². The molecule has 0 radical (unpaired) electrons. The van der Waals surface area contributed by atoms with E-state index in [4.69, 9.17) is 4.74 Å². The van der Waals surface area contributed by atoms with E-state index in [-0.39, 0.29) is 5.75 Å². The molecule has 2 atom stereocenters. The number of aromatic hydroxyl groups is 1. The van der Waals surface area contributed by atoms with Crippen LogP contribution in [0.5, 0.6) is 11.5 Å². The van der Waals surface area contributed by atoms with Gasteiger partial charge >= 0.3 is 0 Å². The number of likely N-dealkylation sites (N-methyl/N-ethyl adjacent to an activating group) is 1. The zero-order valence-electron chi connectivity index (χ0n) is 14.9. The molecule has 0 saturated carbocycles. The van der Waals surface area contributed by atoms with E-state index in [1.165, 1.54) is 5.56 Å². The number of phenols is 1. The minimum Gasteiger partial charge on any atom is -0.504 e. The van der Waals surface area contributed by atoms with Gasteiger partial charge in [-0.25, -0.2) is 0 Å². The summed E-state index contributed by atoms with van der Waals surface area (Å²) in [5.74, 6) is 0.752. The Kier molecular flexibility index (Phi) is 6.69. The molecule has 1 saturated heterocycles. The van der Waals surface area contributed by atoms with E-state index in [0.29, 0.717) is 17.8 Å². The van der Waals surface area contributed by atoms with Gasteiger partial charge in [-0.3, -0.25) is 4.90 Å². The van der Waals surface area contributed by atoms with E-state index in [2.05, 4.69) is 35.9 Å². The lowest BCUT2D eigenvalue weighted by Gasteiger charge is -2.40. The van der Waals surface area contributed by atoms with E-state index in [1.807, 2.05) is 12.1 Å². The van der Waals surface area contributed by atoms with Gasteiger partial charge in [0, 0.05) is 38.3 Å². The Morgan fingerprint density at radius 1 is 1.39 bits per heavy atom. The van der Waals surface area contributed by atoms with Crippen LogP contribution < -0.4 is 10.1 Å². The van der Waals surface area contributed by atoms with Gasteiger partial charge in [0.25, 0.3) is 0 Å². The van der Waals surface area contributed by atoms with Crippen LogP contribution in [0.4, 0.5) is 0 Å². The molecule has 5 nitrogen and oxygen atoms in total. The molecule has 0 bridgehead atoms. The molecule has 130 valence electrons. The maximum absolute atomic E-state index is 9.88. The third-order valence-corrected chi connectivity index (χ3v) is 4.76. The first-order valence-corrected chi connectivity index (χ1v) is 8.65. The fraction of sp³-hybridized carbons (Fsp3) is 0.667. The minimum atomic E-state index is 0.200. The Bertz CT molecular complexity index is 491. The molecule has 1 fully saturated rings. The van der Waals surface area contributed by atoms with Crippen LogP contribution >= 0.6 is 0 Å². The average molecular weight is 321 g/mol. The molecular formula is C18H31N3O2. The second-order valence-corrected chi connectivity index (χ2v) is 6.28. The minimum absolute atomic E-state index is 0.200. The number of benzene rings is 1. The highest BCUT2D eigenvalue weighted by Gasteiger charge is 2.26. The number of ether oxygens (including phenoxy) is 1. The Morgan fingerprint density at radius 3 is 2.74 bits per heavy atom. The molecule has 23 heavy (non-hydrogen) atoms. The number of rotatable bonds is 7. The topological polar surface area (TPSA) is 48.0 Å². The van der Waals surface area contributed by atoms with E-state index in [0.717, 1.165) is 39.3 Å². The highest BCUT2D eigenvalue weighted by Crippen LogP contribution is 2.32. The number of nitrogens with one attached hydrogen (secondary N) is 1. The summed E-state index contributed by atoms with van der Waals surface area (Å²) < 4.78 is 5.31. The van der Waals surface area contributed by atoms with Crippen molar-refractivity contribution in [1.29, 1.82) is 0 Å². The SMILES string of the molecule is CCN(CC)CC(c1ccc(O)c(OC)c1)N1CCNC(C)C1. The lowest BCUT2D eigenvalue weighted by atomic mass is 10.0. The van der Waals surface area contributed by atoms with Crippen LogP contribution in [0.2, 0.25) is 0 Å². The molecule has 0 spiro atoms. The predicted octanol–water partition coefficient (Wildman–Crippen LogP) is 2.08. The van der Waals surface area contributed by atoms with Gasteiger partial charge in [-0.15, -0.1) is 0 Å². The Balaban J connectivity index is 2.28. The van der Waals surface area contributed by atoms with Gasteiger partial charge in [-0.2, -0.15) is 0 Å². The molecular weight excluding hydrogens is 290 g/mol. The zero-order chi connectivity index (χ0) is 16.8. The number of piperazine rings is 1. The first-order valence-electron chi connectivity index (χ1n) is 8.65. The maximum Gasteiger partial charge on any atom is 0.160 e. The molecule has 2 N–H and O–H groups in total. The summed E-state index contributed by atoms with van der Waals surface area (Å²) in [5, 5.41) is 13.4. The van der Waals surface area contributed by atoms with Crippen molar-refractivity contribution < 1.29 is 9.84 Å².